The maximum atomic E-state index is 12.2. The van der Waals surface area contributed by atoms with Gasteiger partial charge in [-0.3, -0.25) is 19.7 Å². The maximum absolute atomic E-state index is 12.2. The molecule has 0 bridgehead atoms. The second-order valence-corrected chi connectivity index (χ2v) is 5.07. The van der Waals surface area contributed by atoms with Crippen molar-refractivity contribution in [1.29, 1.82) is 0 Å². The molecule has 0 fully saturated rings. The molecule has 0 unspecified atom stereocenters. The van der Waals surface area contributed by atoms with Crippen LogP contribution in [0.1, 0.15) is 17.5 Å². The van der Waals surface area contributed by atoms with Gasteiger partial charge in [0.1, 0.15) is 0 Å². The van der Waals surface area contributed by atoms with Crippen molar-refractivity contribution >= 4 is 23.2 Å². The summed E-state index contributed by atoms with van der Waals surface area (Å²) >= 11 is 0. The van der Waals surface area contributed by atoms with E-state index < -0.39 is 4.92 Å². The van der Waals surface area contributed by atoms with E-state index in [0.29, 0.717) is 24.2 Å². The highest BCUT2D eigenvalue weighted by Gasteiger charge is 2.27. The zero-order chi connectivity index (χ0) is 16.3. The minimum Gasteiger partial charge on any atom is -0.352 e. The Balaban J connectivity index is 2.12. The third kappa shape index (κ3) is 3.13. The largest absolute Gasteiger partial charge is 0.352 e. The lowest BCUT2D eigenvalue weighted by Crippen LogP contribution is -2.33. The van der Waals surface area contributed by atoms with E-state index in [-0.39, 0.29) is 30.5 Å². The Morgan fingerprint density at radius 2 is 2.23 bits per heavy atom. The van der Waals surface area contributed by atoms with Gasteiger partial charge in [0, 0.05) is 31.1 Å². The van der Waals surface area contributed by atoms with Crippen LogP contribution in [-0.4, -0.2) is 29.8 Å². The first-order valence-electron chi connectivity index (χ1n) is 6.92. The number of amides is 2. The van der Waals surface area contributed by atoms with Crippen molar-refractivity contribution in [3.8, 4) is 0 Å². The summed E-state index contributed by atoms with van der Waals surface area (Å²) in [5, 5.41) is 13.6. The molecule has 0 radical (unpaired) electrons. The first-order chi connectivity index (χ1) is 10.4. The topological polar surface area (TPSA) is 92.6 Å². The Bertz CT molecular complexity index is 654. The third-order valence-electron chi connectivity index (χ3n) is 3.61. The van der Waals surface area contributed by atoms with Crippen molar-refractivity contribution in [2.24, 2.45) is 0 Å². The second kappa shape index (κ2) is 6.38. The second-order valence-electron chi connectivity index (χ2n) is 5.07. The molecule has 0 saturated carbocycles. The number of carbonyl (C=O) groups excluding carboxylic acids is 2. The molecule has 7 heteroatoms. The minimum atomic E-state index is -0.444. The molecule has 2 rings (SSSR count). The zero-order valence-corrected chi connectivity index (χ0v) is 12.3. The smallest absolute Gasteiger partial charge is 0.274 e. The summed E-state index contributed by atoms with van der Waals surface area (Å²) in [5.41, 5.74) is 2.14. The molecule has 1 N–H and O–H groups in total. The van der Waals surface area contributed by atoms with Crippen molar-refractivity contribution in [2.45, 2.75) is 19.8 Å². The Morgan fingerprint density at radius 3 is 2.86 bits per heavy atom. The molecule has 0 aliphatic carbocycles. The Labute approximate surface area is 127 Å². The van der Waals surface area contributed by atoms with Crippen LogP contribution < -0.4 is 10.2 Å². The molecule has 1 aromatic carbocycles. The van der Waals surface area contributed by atoms with Gasteiger partial charge in [-0.05, 0) is 31.1 Å². The Morgan fingerprint density at radius 1 is 1.50 bits per heavy atom. The van der Waals surface area contributed by atoms with Gasteiger partial charge in [-0.2, -0.15) is 0 Å². The number of carbonyl (C=O) groups is 2. The fourth-order valence-corrected chi connectivity index (χ4v) is 2.50. The molecule has 1 aliphatic rings. The van der Waals surface area contributed by atoms with Gasteiger partial charge in [0.2, 0.25) is 11.8 Å². The maximum Gasteiger partial charge on any atom is 0.274 e. The minimum absolute atomic E-state index is 0.0124. The zero-order valence-electron chi connectivity index (χ0n) is 12.3. The van der Waals surface area contributed by atoms with Gasteiger partial charge in [0.15, 0.2) is 0 Å². The Hall–Kier alpha value is -2.70. The third-order valence-corrected chi connectivity index (χ3v) is 3.61. The van der Waals surface area contributed by atoms with Gasteiger partial charge in [-0.25, -0.2) is 0 Å². The number of nitro benzene ring substituents is 1. The first kappa shape index (κ1) is 15.7. The number of rotatable bonds is 5. The summed E-state index contributed by atoms with van der Waals surface area (Å²) in [6.45, 7) is 5.73. The average Bonchev–Trinajstić information content (AvgIpc) is 2.88. The van der Waals surface area contributed by atoms with E-state index in [2.05, 4.69) is 11.9 Å². The standard InChI is InChI=1S/C15H17N3O4/c1-3-14(19)16-6-4-15(20)17-7-5-11-8-10(2)12(18(21)22)9-13(11)17/h3,8-9H,1,4-7H2,2H3,(H,16,19). The summed E-state index contributed by atoms with van der Waals surface area (Å²) in [6.07, 6.45) is 1.96. The van der Waals surface area contributed by atoms with E-state index in [4.69, 9.17) is 0 Å². The van der Waals surface area contributed by atoms with E-state index in [0.717, 1.165) is 11.6 Å². The summed E-state index contributed by atoms with van der Waals surface area (Å²) in [5.74, 6) is -0.498. The number of fused-ring (bicyclic) bond motifs is 1. The normalized spacial score (nSPS) is 12.7. The van der Waals surface area contributed by atoms with Crippen LogP contribution in [0.15, 0.2) is 24.8 Å². The first-order valence-corrected chi connectivity index (χ1v) is 6.92. The van der Waals surface area contributed by atoms with Crippen LogP contribution in [0.3, 0.4) is 0 Å². The summed E-state index contributed by atoms with van der Waals surface area (Å²) < 4.78 is 0. The summed E-state index contributed by atoms with van der Waals surface area (Å²) in [4.78, 5) is 35.4. The lowest BCUT2D eigenvalue weighted by atomic mass is 10.1. The van der Waals surface area contributed by atoms with Gasteiger partial charge in [0.05, 0.1) is 10.6 Å². The highest BCUT2D eigenvalue weighted by atomic mass is 16.6. The number of hydrogen-bond donors (Lipinski definition) is 1. The van der Waals surface area contributed by atoms with Crippen LogP contribution in [0.25, 0.3) is 0 Å². The molecule has 1 heterocycles. The van der Waals surface area contributed by atoms with E-state index in [1.165, 1.54) is 6.07 Å². The van der Waals surface area contributed by atoms with Crippen LogP contribution in [0, 0.1) is 17.0 Å². The van der Waals surface area contributed by atoms with Gasteiger partial charge in [-0.15, -0.1) is 0 Å². The molecular weight excluding hydrogens is 286 g/mol. The fourth-order valence-electron chi connectivity index (χ4n) is 2.50. The molecule has 2 amide bonds. The Kier molecular flexibility index (Phi) is 4.55. The number of benzene rings is 1. The highest BCUT2D eigenvalue weighted by molar-refractivity contribution is 5.96. The molecular formula is C15H17N3O4. The van der Waals surface area contributed by atoms with E-state index in [9.17, 15) is 19.7 Å². The molecule has 116 valence electrons. The van der Waals surface area contributed by atoms with Crippen molar-refractivity contribution < 1.29 is 14.5 Å². The lowest BCUT2D eigenvalue weighted by Gasteiger charge is -2.17. The van der Waals surface area contributed by atoms with Crippen molar-refractivity contribution in [2.75, 3.05) is 18.0 Å². The van der Waals surface area contributed by atoms with Gasteiger partial charge < -0.3 is 10.2 Å². The average molecular weight is 303 g/mol. The predicted octanol–water partition coefficient (Wildman–Crippen LogP) is 1.48. The van der Waals surface area contributed by atoms with Crippen LogP contribution >= 0.6 is 0 Å². The van der Waals surface area contributed by atoms with Crippen molar-refractivity contribution in [3.63, 3.8) is 0 Å². The number of anilines is 1. The number of nitrogens with zero attached hydrogens (tertiary/aromatic N) is 2. The lowest BCUT2D eigenvalue weighted by molar-refractivity contribution is -0.385. The number of hydrogen-bond acceptors (Lipinski definition) is 4. The number of nitro groups is 1. The predicted molar refractivity (Wildman–Crippen MR) is 81.7 cm³/mol. The van der Waals surface area contributed by atoms with Crippen molar-refractivity contribution in [1.82, 2.24) is 5.32 Å². The van der Waals surface area contributed by atoms with Gasteiger partial charge in [-0.1, -0.05) is 6.58 Å². The van der Waals surface area contributed by atoms with Crippen molar-refractivity contribution in [3.05, 3.63) is 46.0 Å². The summed E-state index contributed by atoms with van der Waals surface area (Å²) in [6, 6.07) is 3.22. The van der Waals surface area contributed by atoms with E-state index in [1.807, 2.05) is 0 Å². The van der Waals surface area contributed by atoms with Crippen LogP contribution in [0.4, 0.5) is 11.4 Å². The monoisotopic (exact) mass is 303 g/mol. The van der Waals surface area contributed by atoms with Crippen LogP contribution in [-0.2, 0) is 16.0 Å². The molecule has 7 nitrogen and oxygen atoms in total. The van der Waals surface area contributed by atoms with E-state index >= 15 is 0 Å². The number of aryl methyl sites for hydroxylation is 1. The van der Waals surface area contributed by atoms with Gasteiger partial charge >= 0.3 is 0 Å². The molecule has 0 saturated heterocycles. The van der Waals surface area contributed by atoms with Crippen LogP contribution in [0.5, 0.6) is 0 Å². The molecule has 0 atom stereocenters. The molecule has 0 aromatic heterocycles. The SMILES string of the molecule is C=CC(=O)NCCC(=O)N1CCc2cc(C)c([N+](=O)[O-])cc21. The van der Waals surface area contributed by atoms with E-state index in [1.54, 1.807) is 17.9 Å². The quantitative estimate of drug-likeness (QED) is 0.506. The van der Waals surface area contributed by atoms with Crippen LogP contribution in [0.2, 0.25) is 0 Å². The molecule has 22 heavy (non-hydrogen) atoms. The molecule has 1 aromatic rings. The highest BCUT2D eigenvalue weighted by Crippen LogP contribution is 2.34. The molecule has 0 spiro atoms. The van der Waals surface area contributed by atoms with Gasteiger partial charge in [0.25, 0.3) is 5.69 Å². The number of nitrogens with one attached hydrogen (secondary N) is 1. The molecule has 1 aliphatic heterocycles. The summed E-state index contributed by atoms with van der Waals surface area (Å²) in [7, 11) is 0. The fraction of sp³-hybridized carbons (Fsp3) is 0.333.